The molecule has 0 fully saturated rings. The summed E-state index contributed by atoms with van der Waals surface area (Å²) in [7, 11) is 4.85. The minimum Gasteiger partial charge on any atom is -0.0915 e. The second kappa shape index (κ2) is 12.0. The van der Waals surface area contributed by atoms with Crippen molar-refractivity contribution in [3.63, 3.8) is 0 Å². The molecule has 3 rings (SSSR count). The average Bonchev–Trinajstić information content (AvgIpc) is 2.57. The Hall–Kier alpha value is -1.76. The van der Waals surface area contributed by atoms with E-state index >= 15 is 0 Å². The molecule has 0 amide bonds. The first-order chi connectivity index (χ1) is 10.3. The molecule has 1 heteroatoms. The molecule has 21 heavy (non-hydrogen) atoms. The van der Waals surface area contributed by atoms with Crippen LogP contribution >= 0.6 is 0 Å². The van der Waals surface area contributed by atoms with Crippen LogP contribution in [0.3, 0.4) is 0 Å². The van der Waals surface area contributed by atoms with Crippen molar-refractivity contribution in [2.75, 3.05) is 0 Å². The fourth-order valence-electron chi connectivity index (χ4n) is 1.88. The van der Waals surface area contributed by atoms with Crippen molar-refractivity contribution < 1.29 is 0 Å². The summed E-state index contributed by atoms with van der Waals surface area (Å²) in [5.74, 6) is 0. The second-order valence-corrected chi connectivity index (χ2v) is 3.95. The number of fused-ring (bicyclic) bond motifs is 2. The van der Waals surface area contributed by atoms with Crippen molar-refractivity contribution in [2.24, 2.45) is 0 Å². The third kappa shape index (κ3) is 6.04. The molecule has 3 aromatic carbocycles. The van der Waals surface area contributed by atoms with Gasteiger partial charge in [-0.05, 0) is 33.7 Å². The van der Waals surface area contributed by atoms with E-state index < -0.39 is 0 Å². The van der Waals surface area contributed by atoms with E-state index in [4.69, 9.17) is 7.85 Å². The fraction of sp³-hybridized carbons (Fsp3) is 0.300. The summed E-state index contributed by atoms with van der Waals surface area (Å²) in [6.07, 6.45) is 0.750. The van der Waals surface area contributed by atoms with Crippen LogP contribution in [0, 0.1) is 0 Å². The van der Waals surface area contributed by atoms with E-state index in [1.54, 1.807) is 0 Å². The highest BCUT2D eigenvalue weighted by molar-refractivity contribution is 6.08. The first-order valence-electron chi connectivity index (χ1n) is 7.92. The summed E-state index contributed by atoms with van der Waals surface area (Å²) >= 11 is 0. The van der Waals surface area contributed by atoms with Gasteiger partial charge in [0.05, 0.1) is 7.85 Å². The van der Waals surface area contributed by atoms with E-state index in [1.165, 1.54) is 21.5 Å². The number of benzene rings is 3. The Labute approximate surface area is 131 Å². The monoisotopic (exact) mass is 278 g/mol. The molecule has 0 N–H and O–H groups in total. The van der Waals surface area contributed by atoms with Crippen molar-refractivity contribution in [3.8, 4) is 0 Å². The summed E-state index contributed by atoms with van der Waals surface area (Å²) in [4.78, 5) is 0. The van der Waals surface area contributed by atoms with Crippen molar-refractivity contribution in [2.45, 2.75) is 40.9 Å². The van der Waals surface area contributed by atoms with Crippen LogP contribution in [-0.4, -0.2) is 7.85 Å². The predicted octanol–water partition coefficient (Wildman–Crippen LogP) is 6.64. The Morgan fingerprint density at radius 3 is 1.00 bits per heavy atom. The van der Waals surface area contributed by atoms with Crippen LogP contribution in [0.15, 0.2) is 60.7 Å². The molecule has 2 radical (unpaired) electrons. The van der Waals surface area contributed by atoms with Gasteiger partial charge in [0.1, 0.15) is 0 Å². The largest absolute Gasteiger partial charge is 0.0915 e. The van der Waals surface area contributed by atoms with Gasteiger partial charge in [-0.3, -0.25) is 0 Å². The van der Waals surface area contributed by atoms with Crippen LogP contribution in [0.5, 0.6) is 0 Å². The fourth-order valence-corrected chi connectivity index (χ4v) is 1.88. The molecule has 0 saturated carbocycles. The topological polar surface area (TPSA) is 0 Å². The molecular formula is C20H27B. The number of hydrogen-bond acceptors (Lipinski definition) is 0. The lowest BCUT2D eigenvalue weighted by molar-refractivity contribution is 1.48. The Morgan fingerprint density at radius 2 is 0.810 bits per heavy atom. The van der Waals surface area contributed by atoms with Gasteiger partial charge in [0.2, 0.25) is 0 Å². The highest BCUT2D eigenvalue weighted by Gasteiger charge is 1.95. The van der Waals surface area contributed by atoms with Gasteiger partial charge in [-0.25, -0.2) is 0 Å². The number of hydrogen-bond donors (Lipinski definition) is 0. The Bertz CT molecular complexity index is 509. The maximum Gasteiger partial charge on any atom is 0.0649 e. The summed E-state index contributed by atoms with van der Waals surface area (Å²) in [6, 6.07) is 21.4. The molecule has 0 spiro atoms. The van der Waals surface area contributed by atoms with E-state index in [0.717, 1.165) is 6.32 Å². The smallest absolute Gasteiger partial charge is 0.0649 e. The standard InChI is InChI=1S/C14H10.C2H5B.2C2H6/c1-2-6-12-10-14-8-4-3-7-13(14)9-11(12)5-1;1-2-3;2*1-2/h1-10H;2H2,1H3;2*1-2H3. The minimum atomic E-state index is 0.750. The Morgan fingerprint density at radius 1 is 0.619 bits per heavy atom. The van der Waals surface area contributed by atoms with Gasteiger partial charge in [-0.2, -0.15) is 0 Å². The molecule has 0 unspecified atom stereocenters. The normalized spacial score (nSPS) is 8.62. The third-order valence-corrected chi connectivity index (χ3v) is 2.61. The van der Waals surface area contributed by atoms with Gasteiger partial charge in [0.15, 0.2) is 0 Å². The first kappa shape index (κ1) is 19.2. The molecule has 0 aliphatic rings. The van der Waals surface area contributed by atoms with Crippen LogP contribution in [-0.2, 0) is 0 Å². The van der Waals surface area contributed by atoms with Gasteiger partial charge in [0, 0.05) is 0 Å². The van der Waals surface area contributed by atoms with Crippen molar-refractivity contribution in [1.82, 2.24) is 0 Å². The van der Waals surface area contributed by atoms with Gasteiger partial charge in [0.25, 0.3) is 0 Å². The van der Waals surface area contributed by atoms with E-state index in [0.29, 0.717) is 0 Å². The minimum absolute atomic E-state index is 0.750. The molecule has 0 nitrogen and oxygen atoms in total. The van der Waals surface area contributed by atoms with Crippen LogP contribution in [0.25, 0.3) is 21.5 Å². The molecule has 0 heterocycles. The van der Waals surface area contributed by atoms with E-state index in [1.807, 2.05) is 34.6 Å². The lowest BCUT2D eigenvalue weighted by Gasteiger charge is -2.00. The quantitative estimate of drug-likeness (QED) is 0.319. The molecule has 110 valence electrons. The molecule has 0 saturated heterocycles. The molecule has 0 aliphatic heterocycles. The van der Waals surface area contributed by atoms with Crippen LogP contribution < -0.4 is 0 Å². The third-order valence-electron chi connectivity index (χ3n) is 2.61. The Kier molecular flexibility index (Phi) is 11.0. The molecule has 0 atom stereocenters. The zero-order chi connectivity index (χ0) is 16.1. The van der Waals surface area contributed by atoms with Crippen molar-refractivity contribution >= 4 is 29.4 Å². The molecule has 0 bridgehead atoms. The van der Waals surface area contributed by atoms with Gasteiger partial charge in [-0.1, -0.05) is 89.5 Å². The predicted molar refractivity (Wildman–Crippen MR) is 100 cm³/mol. The van der Waals surface area contributed by atoms with E-state index in [2.05, 4.69) is 60.7 Å². The zero-order valence-corrected chi connectivity index (χ0v) is 14.1. The summed E-state index contributed by atoms with van der Waals surface area (Å²) in [6.45, 7) is 9.90. The maximum absolute atomic E-state index is 4.85. The van der Waals surface area contributed by atoms with Crippen LogP contribution in [0.4, 0.5) is 0 Å². The van der Waals surface area contributed by atoms with Crippen molar-refractivity contribution in [3.05, 3.63) is 60.7 Å². The molecule has 0 aliphatic carbocycles. The maximum atomic E-state index is 4.85. The molecule has 3 aromatic rings. The highest BCUT2D eigenvalue weighted by Crippen LogP contribution is 2.21. The highest BCUT2D eigenvalue weighted by atomic mass is 14.0. The van der Waals surface area contributed by atoms with Crippen LogP contribution in [0.1, 0.15) is 34.6 Å². The lowest BCUT2D eigenvalue weighted by atomic mass is 10.0. The van der Waals surface area contributed by atoms with Crippen LogP contribution in [0.2, 0.25) is 6.32 Å². The summed E-state index contributed by atoms with van der Waals surface area (Å²) in [5, 5.41) is 5.25. The lowest BCUT2D eigenvalue weighted by Crippen LogP contribution is -1.74. The molecular weight excluding hydrogens is 251 g/mol. The van der Waals surface area contributed by atoms with E-state index in [-0.39, 0.29) is 0 Å². The molecule has 0 aromatic heterocycles. The van der Waals surface area contributed by atoms with Gasteiger partial charge in [-0.15, -0.1) is 0 Å². The summed E-state index contributed by atoms with van der Waals surface area (Å²) < 4.78 is 0. The Balaban J connectivity index is 0.000000500. The summed E-state index contributed by atoms with van der Waals surface area (Å²) in [5.41, 5.74) is 0. The zero-order valence-electron chi connectivity index (χ0n) is 14.1. The van der Waals surface area contributed by atoms with E-state index in [9.17, 15) is 0 Å². The van der Waals surface area contributed by atoms with Gasteiger partial charge < -0.3 is 0 Å². The van der Waals surface area contributed by atoms with Gasteiger partial charge >= 0.3 is 0 Å². The van der Waals surface area contributed by atoms with Crippen molar-refractivity contribution in [1.29, 1.82) is 0 Å². The second-order valence-electron chi connectivity index (χ2n) is 3.95. The number of rotatable bonds is 0. The first-order valence-corrected chi connectivity index (χ1v) is 7.92. The SMILES string of the molecule is CC.CC.[B]CC.c1ccc2cc3ccccc3cc2c1. The average molecular weight is 278 g/mol.